The highest BCUT2D eigenvalue weighted by molar-refractivity contribution is 5.09. The van der Waals surface area contributed by atoms with Crippen molar-refractivity contribution in [2.24, 2.45) is 0 Å². The van der Waals surface area contributed by atoms with Crippen molar-refractivity contribution in [2.75, 3.05) is 13.2 Å². The van der Waals surface area contributed by atoms with Crippen LogP contribution in [0, 0.1) is 12.3 Å². The van der Waals surface area contributed by atoms with E-state index >= 15 is 0 Å². The van der Waals surface area contributed by atoms with E-state index in [9.17, 15) is 5.11 Å². The molecule has 2 N–H and O–H groups in total. The van der Waals surface area contributed by atoms with Gasteiger partial charge in [0.25, 0.3) is 0 Å². The molecule has 0 heterocycles. The molecule has 0 aromatic rings. The molecule has 0 saturated heterocycles. The Bertz CT molecular complexity index is 311. The first-order valence-corrected chi connectivity index (χ1v) is 8.27. The summed E-state index contributed by atoms with van der Waals surface area (Å²) in [5.41, 5.74) is -0.413. The van der Waals surface area contributed by atoms with E-state index in [-0.39, 0.29) is 0 Å². The van der Waals surface area contributed by atoms with Crippen LogP contribution in [0.2, 0.25) is 0 Å². The summed E-state index contributed by atoms with van der Waals surface area (Å²) in [6.07, 6.45) is 17.0. The molecule has 0 unspecified atom stereocenters. The molecular weight excluding hydrogens is 250 g/mol. The van der Waals surface area contributed by atoms with Crippen LogP contribution in [-0.2, 0) is 4.74 Å². The van der Waals surface area contributed by atoms with Gasteiger partial charge in [-0.25, -0.2) is 0 Å². The predicted octanol–water partition coefficient (Wildman–Crippen LogP) is 2.62. The van der Waals surface area contributed by atoms with Gasteiger partial charge in [0.1, 0.15) is 5.60 Å². The number of rotatable bonds is 6. The van der Waals surface area contributed by atoms with Gasteiger partial charge in [0.05, 0.1) is 12.7 Å². The number of aliphatic hydroxyl groups is 1. The molecule has 0 aromatic carbocycles. The SMILES string of the molecule is C#CC1(OC[C@@H](O)CNC2CCCCC2)CCCCC1. The molecule has 2 rings (SSSR count). The van der Waals surface area contributed by atoms with Crippen LogP contribution in [0.1, 0.15) is 64.2 Å². The van der Waals surface area contributed by atoms with Gasteiger partial charge in [-0.2, -0.15) is 0 Å². The topological polar surface area (TPSA) is 41.5 Å². The quantitative estimate of drug-likeness (QED) is 0.734. The molecule has 2 aliphatic carbocycles. The maximum Gasteiger partial charge on any atom is 0.128 e. The summed E-state index contributed by atoms with van der Waals surface area (Å²) in [6.45, 7) is 0.967. The molecule has 2 fully saturated rings. The molecule has 1 atom stereocenters. The molecule has 3 nitrogen and oxygen atoms in total. The normalized spacial score (nSPS) is 25.0. The van der Waals surface area contributed by atoms with Gasteiger partial charge in [-0.15, -0.1) is 6.42 Å². The zero-order valence-corrected chi connectivity index (χ0v) is 12.6. The lowest BCUT2D eigenvalue weighted by Gasteiger charge is -2.33. The molecular formula is C17H29NO2. The number of aliphatic hydroxyl groups excluding tert-OH is 1. The van der Waals surface area contributed by atoms with Crippen LogP contribution in [0.5, 0.6) is 0 Å². The second-order valence-corrected chi connectivity index (χ2v) is 6.41. The standard InChI is InChI=1S/C17H29NO2/c1-2-17(11-7-4-8-12-17)20-14-16(19)13-18-15-9-5-3-6-10-15/h1,15-16,18-19H,3-14H2/t16-/m0/s1. The van der Waals surface area contributed by atoms with Crippen molar-refractivity contribution in [1.82, 2.24) is 5.32 Å². The number of ether oxygens (including phenoxy) is 1. The lowest BCUT2D eigenvalue weighted by Crippen LogP contribution is -2.41. The van der Waals surface area contributed by atoms with Crippen molar-refractivity contribution in [3.8, 4) is 12.3 Å². The molecule has 0 radical (unpaired) electrons. The molecule has 0 aromatic heterocycles. The minimum atomic E-state index is -0.455. The number of hydrogen-bond acceptors (Lipinski definition) is 3. The average molecular weight is 279 g/mol. The van der Waals surface area contributed by atoms with E-state index in [1.54, 1.807) is 0 Å². The summed E-state index contributed by atoms with van der Waals surface area (Å²) >= 11 is 0. The van der Waals surface area contributed by atoms with E-state index in [2.05, 4.69) is 11.2 Å². The van der Waals surface area contributed by atoms with Gasteiger partial charge >= 0.3 is 0 Å². The van der Waals surface area contributed by atoms with Crippen molar-refractivity contribution < 1.29 is 9.84 Å². The van der Waals surface area contributed by atoms with E-state index < -0.39 is 11.7 Å². The molecule has 114 valence electrons. The van der Waals surface area contributed by atoms with Crippen molar-refractivity contribution in [1.29, 1.82) is 0 Å². The van der Waals surface area contributed by atoms with Gasteiger partial charge < -0.3 is 15.2 Å². The molecule has 0 aliphatic heterocycles. The molecule has 2 aliphatic rings. The maximum atomic E-state index is 10.1. The third-order valence-electron chi connectivity index (χ3n) is 4.72. The summed E-state index contributed by atoms with van der Waals surface area (Å²) < 4.78 is 5.90. The lowest BCUT2D eigenvalue weighted by molar-refractivity contribution is -0.0635. The number of nitrogens with one attached hydrogen (secondary N) is 1. The summed E-state index contributed by atoms with van der Waals surface area (Å²) in [7, 11) is 0. The van der Waals surface area contributed by atoms with Crippen LogP contribution in [-0.4, -0.2) is 36.0 Å². The molecule has 0 bridgehead atoms. The van der Waals surface area contributed by atoms with Crippen LogP contribution in [0.4, 0.5) is 0 Å². The molecule has 0 amide bonds. The van der Waals surface area contributed by atoms with Gasteiger partial charge in [0.15, 0.2) is 0 Å². The number of terminal acetylenes is 1. The molecule has 3 heteroatoms. The van der Waals surface area contributed by atoms with Gasteiger partial charge in [0.2, 0.25) is 0 Å². The zero-order chi connectivity index (χ0) is 14.3. The van der Waals surface area contributed by atoms with E-state index in [0.717, 1.165) is 25.7 Å². The van der Waals surface area contributed by atoms with Crippen molar-refractivity contribution >= 4 is 0 Å². The molecule has 0 spiro atoms. The summed E-state index contributed by atoms with van der Waals surface area (Å²) in [4.78, 5) is 0. The van der Waals surface area contributed by atoms with E-state index in [0.29, 0.717) is 19.2 Å². The lowest BCUT2D eigenvalue weighted by atomic mass is 9.85. The van der Waals surface area contributed by atoms with Gasteiger partial charge in [-0.05, 0) is 38.5 Å². The van der Waals surface area contributed by atoms with Crippen molar-refractivity contribution in [3.05, 3.63) is 0 Å². The van der Waals surface area contributed by atoms with Gasteiger partial charge in [-0.1, -0.05) is 31.6 Å². The van der Waals surface area contributed by atoms with Crippen LogP contribution in [0.3, 0.4) is 0 Å². The smallest absolute Gasteiger partial charge is 0.128 e. The Morgan fingerprint density at radius 1 is 1.15 bits per heavy atom. The van der Waals surface area contributed by atoms with Gasteiger partial charge in [-0.3, -0.25) is 0 Å². The molecule has 2 saturated carbocycles. The van der Waals surface area contributed by atoms with Crippen LogP contribution < -0.4 is 5.32 Å². The number of hydrogen-bond donors (Lipinski definition) is 2. The Hall–Kier alpha value is -0.560. The van der Waals surface area contributed by atoms with Gasteiger partial charge in [0, 0.05) is 12.6 Å². The molecule has 20 heavy (non-hydrogen) atoms. The largest absolute Gasteiger partial charge is 0.389 e. The zero-order valence-electron chi connectivity index (χ0n) is 12.6. The Kier molecular flexibility index (Phi) is 6.35. The first-order valence-electron chi connectivity index (χ1n) is 8.27. The Labute approximate surface area is 123 Å². The average Bonchev–Trinajstić information content (AvgIpc) is 2.53. The highest BCUT2D eigenvalue weighted by Gasteiger charge is 2.31. The minimum absolute atomic E-state index is 0.351. The Morgan fingerprint density at radius 3 is 2.45 bits per heavy atom. The third kappa shape index (κ3) is 4.77. The first kappa shape index (κ1) is 15.8. The minimum Gasteiger partial charge on any atom is -0.389 e. The first-order chi connectivity index (χ1) is 9.74. The maximum absolute atomic E-state index is 10.1. The van der Waals surface area contributed by atoms with Crippen molar-refractivity contribution in [2.45, 2.75) is 82.0 Å². The van der Waals surface area contributed by atoms with E-state index in [4.69, 9.17) is 11.2 Å². The van der Waals surface area contributed by atoms with Crippen LogP contribution in [0.25, 0.3) is 0 Å². The second kappa shape index (κ2) is 8.02. The van der Waals surface area contributed by atoms with Crippen molar-refractivity contribution in [3.63, 3.8) is 0 Å². The third-order valence-corrected chi connectivity index (χ3v) is 4.72. The predicted molar refractivity (Wildman–Crippen MR) is 81.5 cm³/mol. The van der Waals surface area contributed by atoms with E-state index in [1.807, 2.05) is 0 Å². The fraction of sp³-hybridized carbons (Fsp3) is 0.882. The Balaban J connectivity index is 1.66. The highest BCUT2D eigenvalue weighted by atomic mass is 16.5. The summed E-state index contributed by atoms with van der Waals surface area (Å²) in [5, 5.41) is 13.5. The summed E-state index contributed by atoms with van der Waals surface area (Å²) in [6, 6.07) is 0.578. The fourth-order valence-electron chi connectivity index (χ4n) is 3.38. The monoisotopic (exact) mass is 279 g/mol. The highest BCUT2D eigenvalue weighted by Crippen LogP contribution is 2.31. The van der Waals surface area contributed by atoms with E-state index in [1.165, 1.54) is 38.5 Å². The fourth-order valence-corrected chi connectivity index (χ4v) is 3.38. The van der Waals surface area contributed by atoms with Crippen LogP contribution in [0.15, 0.2) is 0 Å². The Morgan fingerprint density at radius 2 is 1.80 bits per heavy atom. The summed E-state index contributed by atoms with van der Waals surface area (Å²) in [5.74, 6) is 2.82. The second-order valence-electron chi connectivity index (χ2n) is 6.41. The van der Waals surface area contributed by atoms with Crippen LogP contribution >= 0.6 is 0 Å².